The van der Waals surface area contributed by atoms with Gasteiger partial charge in [0, 0.05) is 25.7 Å². The summed E-state index contributed by atoms with van der Waals surface area (Å²) in [5.74, 6) is 1.91. The van der Waals surface area contributed by atoms with Gasteiger partial charge in [-0.05, 0) is 64.5 Å². The molecular weight excluding hydrogens is 248 g/mol. The van der Waals surface area contributed by atoms with Crippen LogP contribution < -0.4 is 10.6 Å². The van der Waals surface area contributed by atoms with Crippen molar-refractivity contribution in [2.24, 2.45) is 10.9 Å². The molecule has 20 heavy (non-hydrogen) atoms. The molecule has 0 bridgehead atoms. The van der Waals surface area contributed by atoms with Crippen molar-refractivity contribution >= 4 is 5.96 Å². The lowest BCUT2D eigenvalue weighted by atomic mass is 10.0. The number of aliphatic imine (C=N–C) groups is 1. The van der Waals surface area contributed by atoms with E-state index in [0.717, 1.165) is 25.0 Å². The maximum atomic E-state index is 4.67. The maximum Gasteiger partial charge on any atom is 0.191 e. The molecule has 4 heteroatoms. The Hall–Kier alpha value is -0.770. The van der Waals surface area contributed by atoms with Gasteiger partial charge in [-0.2, -0.15) is 0 Å². The Labute approximate surface area is 124 Å². The van der Waals surface area contributed by atoms with Gasteiger partial charge >= 0.3 is 0 Å². The van der Waals surface area contributed by atoms with Crippen LogP contribution in [0.5, 0.6) is 0 Å². The van der Waals surface area contributed by atoms with E-state index in [9.17, 15) is 0 Å². The van der Waals surface area contributed by atoms with Crippen LogP contribution in [0.15, 0.2) is 4.99 Å². The Balaban J connectivity index is 1.56. The fraction of sp³-hybridized carbons (Fsp3) is 0.938. The van der Waals surface area contributed by atoms with Crippen LogP contribution in [-0.2, 0) is 0 Å². The van der Waals surface area contributed by atoms with Gasteiger partial charge in [0.1, 0.15) is 0 Å². The summed E-state index contributed by atoms with van der Waals surface area (Å²) in [6, 6.07) is 0.683. The minimum Gasteiger partial charge on any atom is -0.357 e. The highest BCUT2D eigenvalue weighted by Crippen LogP contribution is 2.18. The van der Waals surface area contributed by atoms with Crippen LogP contribution in [0, 0.1) is 5.92 Å². The molecule has 1 saturated carbocycles. The van der Waals surface area contributed by atoms with Crippen LogP contribution in [0.3, 0.4) is 0 Å². The molecule has 0 amide bonds. The van der Waals surface area contributed by atoms with E-state index in [1.807, 2.05) is 0 Å². The third-order valence-electron chi connectivity index (χ3n) is 4.16. The molecule has 2 rings (SSSR count). The van der Waals surface area contributed by atoms with E-state index in [-0.39, 0.29) is 0 Å². The molecule has 2 N–H and O–H groups in total. The lowest BCUT2D eigenvalue weighted by molar-refractivity contribution is 0.181. The number of unbranched alkanes of at least 4 members (excludes halogenated alkanes) is 1. The van der Waals surface area contributed by atoms with Gasteiger partial charge in [-0.15, -0.1) is 0 Å². The SMILES string of the molecule is CCNC(=NCCCCN1CCCC(C)C1)NC1CC1. The van der Waals surface area contributed by atoms with Crippen LogP contribution >= 0.6 is 0 Å². The smallest absolute Gasteiger partial charge is 0.191 e. The molecule has 2 aliphatic rings. The van der Waals surface area contributed by atoms with Gasteiger partial charge in [0.25, 0.3) is 0 Å². The van der Waals surface area contributed by atoms with E-state index in [1.165, 1.54) is 58.2 Å². The van der Waals surface area contributed by atoms with Gasteiger partial charge in [-0.3, -0.25) is 4.99 Å². The van der Waals surface area contributed by atoms with E-state index < -0.39 is 0 Å². The summed E-state index contributed by atoms with van der Waals surface area (Å²) in [6.07, 6.45) is 7.88. The molecular formula is C16H32N4. The Morgan fingerprint density at radius 1 is 1.25 bits per heavy atom. The van der Waals surface area contributed by atoms with Crippen molar-refractivity contribution < 1.29 is 0 Å². The third-order valence-corrected chi connectivity index (χ3v) is 4.16. The number of guanidine groups is 1. The van der Waals surface area contributed by atoms with Crippen molar-refractivity contribution in [1.82, 2.24) is 15.5 Å². The zero-order valence-electron chi connectivity index (χ0n) is 13.3. The van der Waals surface area contributed by atoms with Crippen molar-refractivity contribution in [3.05, 3.63) is 0 Å². The second kappa shape index (κ2) is 8.50. The Kier molecular flexibility index (Phi) is 6.64. The van der Waals surface area contributed by atoms with E-state index in [2.05, 4.69) is 34.4 Å². The Bertz CT molecular complexity index is 299. The van der Waals surface area contributed by atoms with E-state index >= 15 is 0 Å². The number of nitrogens with zero attached hydrogens (tertiary/aromatic N) is 2. The van der Waals surface area contributed by atoms with Crippen molar-refractivity contribution in [3.63, 3.8) is 0 Å². The standard InChI is InChI=1S/C16H32N4/c1-3-17-16(19-15-8-9-15)18-10-4-5-11-20-12-6-7-14(2)13-20/h14-15H,3-13H2,1-2H3,(H2,17,18,19). The highest BCUT2D eigenvalue weighted by molar-refractivity contribution is 5.80. The summed E-state index contributed by atoms with van der Waals surface area (Å²) in [5.41, 5.74) is 0. The number of hydrogen-bond acceptors (Lipinski definition) is 2. The quantitative estimate of drug-likeness (QED) is 0.427. The molecule has 0 aromatic carbocycles. The topological polar surface area (TPSA) is 39.7 Å². The van der Waals surface area contributed by atoms with Gasteiger partial charge < -0.3 is 15.5 Å². The molecule has 116 valence electrons. The highest BCUT2D eigenvalue weighted by Gasteiger charge is 2.22. The second-order valence-electron chi connectivity index (χ2n) is 6.43. The van der Waals surface area contributed by atoms with Crippen LogP contribution in [0.2, 0.25) is 0 Å². The molecule has 4 nitrogen and oxygen atoms in total. The minimum absolute atomic E-state index is 0.683. The average molecular weight is 280 g/mol. The van der Waals surface area contributed by atoms with Crippen molar-refractivity contribution in [3.8, 4) is 0 Å². The molecule has 1 heterocycles. The van der Waals surface area contributed by atoms with Crippen LogP contribution in [0.25, 0.3) is 0 Å². The predicted molar refractivity (Wildman–Crippen MR) is 86.2 cm³/mol. The number of likely N-dealkylation sites (tertiary alicyclic amines) is 1. The van der Waals surface area contributed by atoms with Crippen LogP contribution in [-0.4, -0.2) is 49.6 Å². The Morgan fingerprint density at radius 3 is 2.80 bits per heavy atom. The van der Waals surface area contributed by atoms with Gasteiger partial charge in [0.2, 0.25) is 0 Å². The molecule has 1 aliphatic heterocycles. The first kappa shape index (κ1) is 15.6. The summed E-state index contributed by atoms with van der Waals surface area (Å²) >= 11 is 0. The van der Waals surface area contributed by atoms with Gasteiger partial charge in [-0.1, -0.05) is 6.92 Å². The van der Waals surface area contributed by atoms with E-state index in [1.54, 1.807) is 0 Å². The summed E-state index contributed by atoms with van der Waals surface area (Å²) in [4.78, 5) is 7.30. The van der Waals surface area contributed by atoms with Crippen molar-refractivity contribution in [2.45, 2.75) is 58.4 Å². The van der Waals surface area contributed by atoms with Crippen molar-refractivity contribution in [1.29, 1.82) is 0 Å². The normalized spacial score (nSPS) is 24.7. The lowest BCUT2D eigenvalue weighted by Crippen LogP contribution is -2.38. The highest BCUT2D eigenvalue weighted by atomic mass is 15.2. The molecule has 0 radical (unpaired) electrons. The largest absolute Gasteiger partial charge is 0.357 e. The zero-order chi connectivity index (χ0) is 14.2. The number of piperidine rings is 1. The first-order valence-corrected chi connectivity index (χ1v) is 8.55. The van der Waals surface area contributed by atoms with E-state index in [0.29, 0.717) is 6.04 Å². The molecule has 0 aromatic heterocycles. The zero-order valence-corrected chi connectivity index (χ0v) is 13.3. The fourth-order valence-electron chi connectivity index (χ4n) is 2.87. The average Bonchev–Trinajstić information content (AvgIpc) is 3.22. The molecule has 2 fully saturated rings. The summed E-state index contributed by atoms with van der Waals surface area (Å²) in [5, 5.41) is 6.79. The Morgan fingerprint density at radius 2 is 2.10 bits per heavy atom. The molecule has 1 atom stereocenters. The lowest BCUT2D eigenvalue weighted by Gasteiger charge is -2.30. The second-order valence-corrected chi connectivity index (χ2v) is 6.43. The fourth-order valence-corrected chi connectivity index (χ4v) is 2.87. The predicted octanol–water partition coefficient (Wildman–Crippen LogP) is 2.22. The summed E-state index contributed by atoms with van der Waals surface area (Å²) in [7, 11) is 0. The molecule has 1 saturated heterocycles. The number of nitrogens with one attached hydrogen (secondary N) is 2. The van der Waals surface area contributed by atoms with Crippen LogP contribution in [0.4, 0.5) is 0 Å². The minimum atomic E-state index is 0.683. The van der Waals surface area contributed by atoms with Crippen LogP contribution in [0.1, 0.15) is 52.4 Å². The van der Waals surface area contributed by atoms with Gasteiger partial charge in [0.15, 0.2) is 5.96 Å². The van der Waals surface area contributed by atoms with Gasteiger partial charge in [0.05, 0.1) is 0 Å². The number of rotatable bonds is 7. The monoisotopic (exact) mass is 280 g/mol. The molecule has 1 aliphatic carbocycles. The summed E-state index contributed by atoms with van der Waals surface area (Å²) < 4.78 is 0. The number of hydrogen-bond donors (Lipinski definition) is 2. The molecule has 1 unspecified atom stereocenters. The summed E-state index contributed by atoms with van der Waals surface area (Å²) in [6.45, 7) is 10.3. The van der Waals surface area contributed by atoms with E-state index in [4.69, 9.17) is 0 Å². The van der Waals surface area contributed by atoms with Gasteiger partial charge in [-0.25, -0.2) is 0 Å². The first-order valence-electron chi connectivity index (χ1n) is 8.55. The van der Waals surface area contributed by atoms with Crippen molar-refractivity contribution in [2.75, 3.05) is 32.7 Å². The molecule has 0 aromatic rings. The third kappa shape index (κ3) is 6.12. The first-order chi connectivity index (χ1) is 9.78. The maximum absolute atomic E-state index is 4.67. The molecule has 0 spiro atoms.